The fourth-order valence-corrected chi connectivity index (χ4v) is 1.23. The quantitative estimate of drug-likeness (QED) is 0.531. The van der Waals surface area contributed by atoms with E-state index < -0.39 is 24.3 Å². The van der Waals surface area contributed by atoms with Crippen molar-refractivity contribution in [1.82, 2.24) is 0 Å². The molecule has 0 fully saturated rings. The highest BCUT2D eigenvalue weighted by molar-refractivity contribution is 5.44. The second-order valence-electron chi connectivity index (χ2n) is 2.94. The first kappa shape index (κ1) is 11.4. The normalized spacial score (nSPS) is 10.3. The van der Waals surface area contributed by atoms with Crippen molar-refractivity contribution in [2.24, 2.45) is 0 Å². The number of rotatable bonds is 5. The van der Waals surface area contributed by atoms with Crippen molar-refractivity contribution in [1.29, 1.82) is 0 Å². The van der Waals surface area contributed by atoms with Crippen LogP contribution in [0.15, 0.2) is 30.3 Å². The molecule has 0 saturated carbocycles. The number of aliphatic hydroxyl groups excluding tert-OH is 2. The predicted octanol–water partition coefficient (Wildman–Crippen LogP) is 0.0379. The maximum Gasteiger partial charge on any atom is 0.165 e. The highest BCUT2D eigenvalue weighted by Gasteiger charge is 2.27. The molecule has 0 amide bonds. The first-order valence-electron chi connectivity index (χ1n) is 4.41. The third-order valence-electron chi connectivity index (χ3n) is 1.96. The topological polar surface area (TPSA) is 86.8 Å². The average molecular weight is 212 g/mol. The van der Waals surface area contributed by atoms with E-state index in [2.05, 4.69) is 0 Å². The van der Waals surface area contributed by atoms with Gasteiger partial charge in [0.25, 0.3) is 0 Å². The summed E-state index contributed by atoms with van der Waals surface area (Å²) in [6.45, 7) is -0.960. The molecule has 1 rings (SSSR count). The summed E-state index contributed by atoms with van der Waals surface area (Å²) >= 11 is 0. The number of hydrazine groups is 1. The molecule has 0 unspecified atom stereocenters. The molecule has 0 aliphatic carbocycles. The van der Waals surface area contributed by atoms with E-state index in [4.69, 9.17) is 10.2 Å². The summed E-state index contributed by atoms with van der Waals surface area (Å²) in [5, 5.41) is 28.7. The third kappa shape index (κ3) is 2.64. The highest BCUT2D eigenvalue weighted by Crippen LogP contribution is 2.15. The molecule has 0 aliphatic rings. The van der Waals surface area contributed by atoms with E-state index in [1.165, 1.54) is 0 Å². The van der Waals surface area contributed by atoms with Gasteiger partial charge in [0.15, 0.2) is 5.03 Å². The van der Waals surface area contributed by atoms with Crippen LogP contribution in [0, 0.1) is 10.1 Å². The van der Waals surface area contributed by atoms with Crippen LogP contribution in [0.1, 0.15) is 0 Å². The Kier molecular flexibility index (Phi) is 4.02. The molecule has 0 bridgehead atoms. The van der Waals surface area contributed by atoms with Crippen LogP contribution >= 0.6 is 0 Å². The average Bonchev–Trinajstić information content (AvgIpc) is 2.26. The molecule has 0 heterocycles. The minimum atomic E-state index is -0.928. The van der Waals surface area contributed by atoms with Crippen molar-refractivity contribution in [2.45, 2.75) is 6.04 Å². The van der Waals surface area contributed by atoms with Crippen molar-refractivity contribution in [2.75, 3.05) is 18.2 Å². The van der Waals surface area contributed by atoms with Gasteiger partial charge in [0, 0.05) is 0 Å². The zero-order valence-corrected chi connectivity index (χ0v) is 7.98. The molecule has 1 aromatic carbocycles. The van der Waals surface area contributed by atoms with Crippen molar-refractivity contribution < 1.29 is 15.2 Å². The van der Waals surface area contributed by atoms with Gasteiger partial charge in [-0.1, -0.05) is 23.2 Å². The largest absolute Gasteiger partial charge is 0.394 e. The maximum absolute atomic E-state index is 10.8. The Morgan fingerprint density at radius 1 is 1.27 bits per heavy atom. The van der Waals surface area contributed by atoms with Crippen molar-refractivity contribution in [3.8, 4) is 0 Å². The Hall–Kier alpha value is -1.66. The van der Waals surface area contributed by atoms with Crippen molar-refractivity contribution in [3.63, 3.8) is 0 Å². The first-order chi connectivity index (χ1) is 7.20. The van der Waals surface area contributed by atoms with Crippen LogP contribution in [0.3, 0.4) is 0 Å². The lowest BCUT2D eigenvalue weighted by Crippen LogP contribution is -2.44. The first-order valence-corrected chi connectivity index (χ1v) is 4.41. The maximum atomic E-state index is 10.8. The number of para-hydroxylation sites is 1. The summed E-state index contributed by atoms with van der Waals surface area (Å²) in [7, 11) is 0. The lowest BCUT2D eigenvalue weighted by Gasteiger charge is -2.20. The van der Waals surface area contributed by atoms with Gasteiger partial charge in [0.1, 0.15) is 11.7 Å². The van der Waals surface area contributed by atoms with Gasteiger partial charge in [-0.2, -0.15) is 0 Å². The third-order valence-corrected chi connectivity index (χ3v) is 1.96. The number of aliphatic hydroxyl groups is 2. The summed E-state index contributed by atoms with van der Waals surface area (Å²) in [5.41, 5.74) is 0.329. The van der Waals surface area contributed by atoms with Crippen LogP contribution in [0.4, 0.5) is 5.69 Å². The number of nitro groups is 1. The summed E-state index contributed by atoms with van der Waals surface area (Å²) in [6.07, 6.45) is 0. The molecular formula is C9H12N2O4. The number of nitrogens with zero attached hydrogens (tertiary/aromatic N) is 2. The molecule has 15 heavy (non-hydrogen) atoms. The van der Waals surface area contributed by atoms with Crippen LogP contribution in [0.2, 0.25) is 0 Å². The minimum absolute atomic E-state index is 0.329. The van der Waals surface area contributed by atoms with E-state index >= 15 is 0 Å². The van der Waals surface area contributed by atoms with Gasteiger partial charge < -0.3 is 10.2 Å². The zero-order chi connectivity index (χ0) is 11.3. The minimum Gasteiger partial charge on any atom is -0.394 e. The number of hydrogen-bond donors (Lipinski definition) is 2. The highest BCUT2D eigenvalue weighted by atomic mass is 16.7. The molecule has 1 aromatic rings. The van der Waals surface area contributed by atoms with Crippen LogP contribution in [0.5, 0.6) is 0 Å². The number of hydrogen-bond acceptors (Lipinski definition) is 4. The fraction of sp³-hybridized carbons (Fsp3) is 0.333. The molecule has 0 aliphatic heterocycles. The molecule has 0 atom stereocenters. The van der Waals surface area contributed by atoms with Crippen molar-refractivity contribution >= 4 is 5.69 Å². The Morgan fingerprint density at radius 3 is 2.20 bits per heavy atom. The molecule has 6 nitrogen and oxygen atoms in total. The molecule has 0 saturated heterocycles. The van der Waals surface area contributed by atoms with E-state index in [1.54, 1.807) is 30.3 Å². The number of anilines is 1. The van der Waals surface area contributed by atoms with Crippen LogP contribution in [-0.4, -0.2) is 34.5 Å². The molecule has 0 aromatic heterocycles. The second kappa shape index (κ2) is 5.28. The molecule has 0 spiro atoms. The van der Waals surface area contributed by atoms with Crippen molar-refractivity contribution in [3.05, 3.63) is 40.4 Å². The van der Waals surface area contributed by atoms with E-state index in [0.717, 1.165) is 5.01 Å². The fourth-order valence-electron chi connectivity index (χ4n) is 1.23. The summed E-state index contributed by atoms with van der Waals surface area (Å²) in [4.78, 5) is 10.8. The van der Waals surface area contributed by atoms with E-state index in [1.807, 2.05) is 0 Å². The zero-order valence-electron chi connectivity index (χ0n) is 7.98. The van der Waals surface area contributed by atoms with Crippen LogP contribution in [0.25, 0.3) is 0 Å². The van der Waals surface area contributed by atoms with Gasteiger partial charge in [-0.3, -0.25) is 0 Å². The van der Waals surface area contributed by atoms with Crippen LogP contribution in [-0.2, 0) is 0 Å². The Labute approximate surface area is 86.5 Å². The lowest BCUT2D eigenvalue weighted by molar-refractivity contribution is -0.501. The van der Waals surface area contributed by atoms with Gasteiger partial charge in [0.2, 0.25) is 0 Å². The van der Waals surface area contributed by atoms with Gasteiger partial charge in [-0.15, -0.1) is 0 Å². The summed E-state index contributed by atoms with van der Waals surface area (Å²) in [6, 6.07) is 7.19. The van der Waals surface area contributed by atoms with Gasteiger partial charge in [-0.05, 0) is 12.1 Å². The van der Waals surface area contributed by atoms with Gasteiger partial charge in [-0.25, -0.2) is 10.1 Å². The standard InChI is InChI=1S/C9H12N2O4/c12-6-9(7-13)10(11(14)15)8-4-2-1-3-5-8/h1-5,9,12-13H,6-7H2. The SMILES string of the molecule is O=[N+]([O-])N(c1ccccc1)C(CO)CO. The van der Waals surface area contributed by atoms with Gasteiger partial charge >= 0.3 is 0 Å². The van der Waals surface area contributed by atoms with E-state index in [-0.39, 0.29) is 0 Å². The van der Waals surface area contributed by atoms with E-state index in [0.29, 0.717) is 5.69 Å². The molecule has 6 heteroatoms. The summed E-state index contributed by atoms with van der Waals surface area (Å²) < 4.78 is 0. The van der Waals surface area contributed by atoms with Crippen LogP contribution < -0.4 is 5.01 Å². The number of benzene rings is 1. The Balaban J connectivity index is 2.97. The molecule has 0 radical (unpaired) electrons. The molecule has 2 N–H and O–H groups in total. The predicted molar refractivity (Wildman–Crippen MR) is 53.9 cm³/mol. The second-order valence-corrected chi connectivity index (χ2v) is 2.94. The Morgan fingerprint density at radius 2 is 1.80 bits per heavy atom. The molecular weight excluding hydrogens is 200 g/mol. The van der Waals surface area contributed by atoms with Gasteiger partial charge in [0.05, 0.1) is 13.2 Å². The molecule has 82 valence electrons. The summed E-state index contributed by atoms with van der Waals surface area (Å²) in [5.74, 6) is 0. The van der Waals surface area contributed by atoms with E-state index in [9.17, 15) is 10.1 Å². The smallest absolute Gasteiger partial charge is 0.165 e. The Bertz CT molecular complexity index is 313. The monoisotopic (exact) mass is 212 g/mol. The lowest BCUT2D eigenvalue weighted by atomic mass is 10.2.